The highest BCUT2D eigenvalue weighted by molar-refractivity contribution is 7.99. The molecular weight excluding hydrogens is 436 g/mol. The molecule has 9 heteroatoms. The fourth-order valence-corrected chi connectivity index (χ4v) is 5.26. The van der Waals surface area contributed by atoms with E-state index in [1.807, 2.05) is 53.9 Å². The van der Waals surface area contributed by atoms with Gasteiger partial charge in [0.15, 0.2) is 0 Å². The van der Waals surface area contributed by atoms with Gasteiger partial charge in [0.05, 0.1) is 17.9 Å². The van der Waals surface area contributed by atoms with E-state index in [1.54, 1.807) is 0 Å². The lowest BCUT2D eigenvalue weighted by molar-refractivity contribution is -0.205. The third-order valence-electron chi connectivity index (χ3n) is 5.03. The van der Waals surface area contributed by atoms with Crippen molar-refractivity contribution in [2.24, 2.45) is 0 Å². The maximum Gasteiger partial charge on any atom is 0.138 e. The molecule has 0 radical (unpaired) electrons. The van der Waals surface area contributed by atoms with E-state index in [1.165, 1.54) is 11.3 Å². The average molecular weight is 457 g/mol. The molecule has 5 atom stereocenters. The Morgan fingerprint density at radius 3 is 2.48 bits per heavy atom. The molecular formula is C22H20N2O5S2. The maximum absolute atomic E-state index is 10.4. The number of nitriles is 1. The number of ether oxygens (including phenoxy) is 1. The molecule has 1 aromatic carbocycles. The zero-order valence-corrected chi connectivity index (χ0v) is 17.8. The summed E-state index contributed by atoms with van der Waals surface area (Å²) >= 11 is 2.48. The second kappa shape index (κ2) is 9.46. The van der Waals surface area contributed by atoms with Crippen molar-refractivity contribution in [1.29, 1.82) is 5.26 Å². The topological polar surface area (TPSA) is 127 Å². The minimum Gasteiger partial charge on any atom is -0.394 e. The average Bonchev–Trinajstić information content (AvgIpc) is 3.34. The Kier molecular flexibility index (Phi) is 6.69. The molecule has 1 fully saturated rings. The summed E-state index contributed by atoms with van der Waals surface area (Å²) in [6, 6.07) is 17.4. The summed E-state index contributed by atoms with van der Waals surface area (Å²) in [4.78, 5) is 5.55. The molecule has 1 aliphatic rings. The Bertz CT molecular complexity index is 1070. The van der Waals surface area contributed by atoms with E-state index < -0.39 is 36.5 Å². The van der Waals surface area contributed by atoms with Crippen LogP contribution in [0, 0.1) is 11.3 Å². The van der Waals surface area contributed by atoms with Gasteiger partial charge in [-0.25, -0.2) is 4.98 Å². The fraction of sp³-hybridized carbons (Fsp3) is 0.273. The predicted molar refractivity (Wildman–Crippen MR) is 117 cm³/mol. The number of thiophene rings is 1. The van der Waals surface area contributed by atoms with Crippen LogP contribution in [-0.2, 0) is 4.74 Å². The first-order chi connectivity index (χ1) is 15.0. The van der Waals surface area contributed by atoms with E-state index >= 15 is 0 Å². The van der Waals surface area contributed by atoms with Gasteiger partial charge in [-0.05, 0) is 17.5 Å². The summed E-state index contributed by atoms with van der Waals surface area (Å²) in [7, 11) is 0. The highest BCUT2D eigenvalue weighted by Crippen LogP contribution is 2.39. The van der Waals surface area contributed by atoms with Crippen molar-refractivity contribution in [2.45, 2.75) is 34.9 Å². The minimum absolute atomic E-state index is 0.323. The van der Waals surface area contributed by atoms with Crippen molar-refractivity contribution in [1.82, 2.24) is 4.98 Å². The van der Waals surface area contributed by atoms with Crippen molar-refractivity contribution in [3.05, 3.63) is 59.5 Å². The molecule has 7 nitrogen and oxygen atoms in total. The molecule has 0 aliphatic carbocycles. The van der Waals surface area contributed by atoms with E-state index in [9.17, 15) is 25.7 Å². The molecule has 0 amide bonds. The smallest absolute Gasteiger partial charge is 0.138 e. The zero-order valence-electron chi connectivity index (χ0n) is 16.2. The second-order valence-corrected chi connectivity index (χ2v) is 9.04. The lowest BCUT2D eigenvalue weighted by Crippen LogP contribution is -2.57. The van der Waals surface area contributed by atoms with Gasteiger partial charge in [0.25, 0.3) is 0 Å². The molecule has 0 bridgehead atoms. The van der Waals surface area contributed by atoms with Crippen molar-refractivity contribution >= 4 is 23.1 Å². The van der Waals surface area contributed by atoms with Crippen LogP contribution in [0.25, 0.3) is 21.7 Å². The lowest BCUT2D eigenvalue weighted by atomic mass is 10.0. The van der Waals surface area contributed by atoms with Crippen LogP contribution >= 0.6 is 23.1 Å². The summed E-state index contributed by atoms with van der Waals surface area (Å²) < 4.78 is 5.62. The number of hydrogen-bond acceptors (Lipinski definition) is 9. The summed E-state index contributed by atoms with van der Waals surface area (Å²) in [5.41, 5.74) is 1.51. The van der Waals surface area contributed by atoms with Crippen molar-refractivity contribution in [2.75, 3.05) is 6.61 Å². The van der Waals surface area contributed by atoms with Gasteiger partial charge >= 0.3 is 0 Å². The molecule has 4 rings (SSSR count). The van der Waals surface area contributed by atoms with Gasteiger partial charge in [-0.15, -0.1) is 11.3 Å². The summed E-state index contributed by atoms with van der Waals surface area (Å²) in [5.74, 6) is 0. The first-order valence-electron chi connectivity index (χ1n) is 9.55. The Morgan fingerprint density at radius 1 is 1.06 bits per heavy atom. The zero-order chi connectivity index (χ0) is 22.0. The number of aliphatic hydroxyl groups excluding tert-OH is 4. The van der Waals surface area contributed by atoms with Gasteiger partial charge in [0.2, 0.25) is 0 Å². The Labute approximate surface area is 187 Å². The molecule has 0 saturated carbocycles. The predicted octanol–water partition coefficient (Wildman–Crippen LogP) is 2.24. The standard InChI is InChI=1S/C22H20N2O5S2/c23-10-14-13(17-7-4-8-30-17)9-15(12-5-2-1-3-6-12)24-21(14)31-22-20(28)19(27)18(26)16(11-25)29-22/h1-9,16,18-20,22,25-28H,11H2/t16-,18-,19+,20-,22+/m1/s1. The largest absolute Gasteiger partial charge is 0.394 e. The number of thioether (sulfide) groups is 1. The Balaban J connectivity index is 1.79. The molecule has 0 unspecified atom stereocenters. The van der Waals surface area contributed by atoms with Gasteiger partial charge in [0.1, 0.15) is 40.9 Å². The maximum atomic E-state index is 10.4. The lowest BCUT2D eigenvalue weighted by Gasteiger charge is -2.39. The van der Waals surface area contributed by atoms with Crippen molar-refractivity contribution < 1.29 is 25.2 Å². The highest BCUT2D eigenvalue weighted by Gasteiger charge is 2.44. The number of aromatic nitrogens is 1. The molecule has 1 saturated heterocycles. The third kappa shape index (κ3) is 4.37. The van der Waals surface area contributed by atoms with Crippen LogP contribution in [0.1, 0.15) is 5.56 Å². The number of hydrogen-bond donors (Lipinski definition) is 4. The van der Waals surface area contributed by atoms with Gasteiger partial charge in [-0.2, -0.15) is 5.26 Å². The summed E-state index contributed by atoms with van der Waals surface area (Å²) in [5, 5.41) is 52.2. The van der Waals surface area contributed by atoms with Crippen molar-refractivity contribution in [3.8, 4) is 27.8 Å². The van der Waals surface area contributed by atoms with Gasteiger partial charge in [-0.3, -0.25) is 0 Å². The molecule has 160 valence electrons. The SMILES string of the molecule is N#Cc1c(-c2cccs2)cc(-c2ccccc2)nc1S[C@@H]1O[C@H](CO)[C@@H](O)[C@H](O)[C@H]1O. The summed E-state index contributed by atoms with van der Waals surface area (Å²) in [6.45, 7) is -0.523. The van der Waals surface area contributed by atoms with E-state index in [2.05, 4.69) is 11.1 Å². The van der Waals surface area contributed by atoms with Crippen LogP contribution in [0.2, 0.25) is 0 Å². The number of rotatable bonds is 5. The van der Waals surface area contributed by atoms with Gasteiger partial charge in [0, 0.05) is 16.0 Å². The fourth-order valence-electron chi connectivity index (χ4n) is 3.37. The van der Waals surface area contributed by atoms with Crippen LogP contribution in [0.3, 0.4) is 0 Å². The number of aliphatic hydroxyl groups is 4. The molecule has 3 heterocycles. The molecule has 0 spiro atoms. The van der Waals surface area contributed by atoms with Crippen LogP contribution in [0.15, 0.2) is 58.9 Å². The third-order valence-corrected chi connectivity index (χ3v) is 7.07. The normalized spacial score (nSPS) is 25.8. The van der Waals surface area contributed by atoms with Crippen LogP contribution in [0.4, 0.5) is 0 Å². The number of benzene rings is 1. The van der Waals surface area contributed by atoms with Crippen LogP contribution in [0.5, 0.6) is 0 Å². The molecule has 2 aromatic heterocycles. The Morgan fingerprint density at radius 2 is 1.84 bits per heavy atom. The van der Waals surface area contributed by atoms with E-state index in [0.717, 1.165) is 22.2 Å². The minimum atomic E-state index is -1.50. The van der Waals surface area contributed by atoms with E-state index in [-0.39, 0.29) is 0 Å². The van der Waals surface area contributed by atoms with Crippen LogP contribution in [-0.4, -0.2) is 61.9 Å². The van der Waals surface area contributed by atoms with Gasteiger partial charge < -0.3 is 25.2 Å². The monoisotopic (exact) mass is 456 g/mol. The molecule has 3 aromatic rings. The molecule has 31 heavy (non-hydrogen) atoms. The first kappa shape index (κ1) is 21.9. The first-order valence-corrected chi connectivity index (χ1v) is 11.3. The summed E-state index contributed by atoms with van der Waals surface area (Å²) in [6.07, 6.45) is -5.40. The Hall–Kier alpha value is -2.29. The van der Waals surface area contributed by atoms with Crippen molar-refractivity contribution in [3.63, 3.8) is 0 Å². The highest BCUT2D eigenvalue weighted by atomic mass is 32.2. The number of nitrogens with zero attached hydrogens (tertiary/aromatic N) is 2. The van der Waals surface area contributed by atoms with Crippen LogP contribution < -0.4 is 0 Å². The molecule has 4 N–H and O–H groups in total. The molecule has 1 aliphatic heterocycles. The second-order valence-electron chi connectivity index (χ2n) is 7.01. The van der Waals surface area contributed by atoms with E-state index in [0.29, 0.717) is 21.8 Å². The quantitative estimate of drug-likeness (QED) is 0.460. The van der Waals surface area contributed by atoms with Gasteiger partial charge in [-0.1, -0.05) is 48.2 Å². The van der Waals surface area contributed by atoms with E-state index in [4.69, 9.17) is 4.74 Å². The number of pyridine rings is 1.